The molecule has 1 aliphatic rings. The molecule has 1 N–H and O–H groups in total. The summed E-state index contributed by atoms with van der Waals surface area (Å²) in [5, 5.41) is 22.0. The monoisotopic (exact) mass is 428 g/mol. The summed E-state index contributed by atoms with van der Waals surface area (Å²) < 4.78 is 0. The first-order valence-electron chi connectivity index (χ1n) is 9.97. The Morgan fingerprint density at radius 2 is 1.62 bits per heavy atom. The lowest BCUT2D eigenvalue weighted by Gasteiger charge is -2.27. The number of benzene rings is 3. The number of non-ortho nitro benzene ring substituents is 1. The number of carbonyl (C=O) groups excluding carboxylic acids is 2. The lowest BCUT2D eigenvalue weighted by Crippen LogP contribution is -2.30. The predicted octanol–water partition coefficient (Wildman–Crippen LogP) is 4.84. The van der Waals surface area contributed by atoms with Gasteiger partial charge in [-0.25, -0.2) is 0 Å². The second-order valence-electron chi connectivity index (χ2n) is 7.67. The van der Waals surface area contributed by atoms with E-state index in [-0.39, 0.29) is 22.6 Å². The third kappa shape index (κ3) is 3.54. The highest BCUT2D eigenvalue weighted by Crippen LogP contribution is 2.43. The Bertz CT molecular complexity index is 1260. The van der Waals surface area contributed by atoms with Crippen LogP contribution in [0.3, 0.4) is 0 Å². The minimum Gasteiger partial charge on any atom is -0.507 e. The normalized spacial score (nSPS) is 17.6. The number of aryl methyl sites for hydroxylation is 2. The molecular formula is C25H20N2O5. The maximum Gasteiger partial charge on any atom is 0.300 e. The quantitative estimate of drug-likeness (QED) is 0.211. The van der Waals surface area contributed by atoms with Gasteiger partial charge in [-0.3, -0.25) is 24.6 Å². The second kappa shape index (κ2) is 8.11. The zero-order chi connectivity index (χ0) is 23.0. The van der Waals surface area contributed by atoms with Crippen molar-refractivity contribution in [2.24, 2.45) is 0 Å². The van der Waals surface area contributed by atoms with Crippen LogP contribution in [0.15, 0.2) is 78.4 Å². The molecule has 1 amide bonds. The molecule has 1 atom stereocenters. The van der Waals surface area contributed by atoms with Gasteiger partial charge in [-0.2, -0.15) is 0 Å². The fraction of sp³-hybridized carbons (Fsp3) is 0.120. The van der Waals surface area contributed by atoms with Gasteiger partial charge in [-0.15, -0.1) is 0 Å². The topological polar surface area (TPSA) is 101 Å². The van der Waals surface area contributed by atoms with E-state index in [0.717, 1.165) is 11.1 Å². The zero-order valence-electron chi connectivity index (χ0n) is 17.5. The van der Waals surface area contributed by atoms with Gasteiger partial charge in [0.1, 0.15) is 5.76 Å². The average molecular weight is 428 g/mol. The number of nitro benzene ring substituents is 1. The largest absolute Gasteiger partial charge is 0.507 e. The van der Waals surface area contributed by atoms with Crippen LogP contribution in [0, 0.1) is 24.0 Å². The Balaban J connectivity index is 1.92. The van der Waals surface area contributed by atoms with E-state index in [9.17, 15) is 24.8 Å². The summed E-state index contributed by atoms with van der Waals surface area (Å²) in [6, 6.07) is 18.9. The Morgan fingerprint density at radius 3 is 2.22 bits per heavy atom. The summed E-state index contributed by atoms with van der Waals surface area (Å²) in [5.41, 5.74) is 3.10. The molecule has 32 heavy (non-hydrogen) atoms. The molecule has 0 bridgehead atoms. The number of hydrogen-bond donors (Lipinski definition) is 1. The minimum absolute atomic E-state index is 0.0602. The smallest absolute Gasteiger partial charge is 0.300 e. The molecule has 1 saturated heterocycles. The van der Waals surface area contributed by atoms with Gasteiger partial charge in [0.15, 0.2) is 0 Å². The molecule has 7 nitrogen and oxygen atoms in total. The van der Waals surface area contributed by atoms with Crippen molar-refractivity contribution in [1.82, 2.24) is 0 Å². The van der Waals surface area contributed by atoms with Gasteiger partial charge in [0.2, 0.25) is 0 Å². The summed E-state index contributed by atoms with van der Waals surface area (Å²) in [6.07, 6.45) is 0. The van der Waals surface area contributed by atoms with Gasteiger partial charge in [-0.1, -0.05) is 48.0 Å². The molecule has 3 aromatic carbocycles. The van der Waals surface area contributed by atoms with Crippen LogP contribution in [0.25, 0.3) is 5.76 Å². The molecule has 0 aliphatic carbocycles. The number of nitro groups is 1. The van der Waals surface area contributed by atoms with Crippen molar-refractivity contribution in [3.8, 4) is 0 Å². The van der Waals surface area contributed by atoms with Crippen LogP contribution in [0.4, 0.5) is 11.4 Å². The highest BCUT2D eigenvalue weighted by molar-refractivity contribution is 6.51. The number of aliphatic hydroxyl groups is 1. The van der Waals surface area contributed by atoms with Crippen LogP contribution in [-0.2, 0) is 9.59 Å². The number of anilines is 1. The van der Waals surface area contributed by atoms with E-state index in [4.69, 9.17) is 0 Å². The van der Waals surface area contributed by atoms with Gasteiger partial charge in [-0.05, 0) is 43.2 Å². The van der Waals surface area contributed by atoms with Crippen LogP contribution in [0.1, 0.15) is 28.3 Å². The van der Waals surface area contributed by atoms with E-state index in [1.165, 1.54) is 29.2 Å². The van der Waals surface area contributed by atoms with Crippen molar-refractivity contribution in [2.75, 3.05) is 4.90 Å². The first-order valence-corrected chi connectivity index (χ1v) is 9.97. The van der Waals surface area contributed by atoms with E-state index in [1.54, 1.807) is 30.3 Å². The third-order valence-corrected chi connectivity index (χ3v) is 5.52. The molecule has 1 heterocycles. The highest BCUT2D eigenvalue weighted by atomic mass is 16.6. The van der Waals surface area contributed by atoms with Crippen molar-refractivity contribution in [3.05, 3.63) is 111 Å². The van der Waals surface area contributed by atoms with E-state index in [0.29, 0.717) is 11.3 Å². The molecule has 4 rings (SSSR count). The van der Waals surface area contributed by atoms with Gasteiger partial charge in [0.05, 0.1) is 16.5 Å². The van der Waals surface area contributed by atoms with E-state index >= 15 is 0 Å². The number of aliphatic hydroxyl groups excluding tert-OH is 1. The Labute approximate surface area is 184 Å². The lowest BCUT2D eigenvalue weighted by atomic mass is 9.95. The first kappa shape index (κ1) is 21.0. The molecular weight excluding hydrogens is 408 g/mol. The SMILES string of the molecule is Cc1ccc(N2C(=O)C(=O)/C(=C(/O)c3ccc([N+](=O)[O-])cc3)C2c2ccccc2)c(C)c1. The molecule has 7 heteroatoms. The number of hydrogen-bond acceptors (Lipinski definition) is 5. The molecule has 1 fully saturated rings. The molecule has 0 saturated carbocycles. The molecule has 1 aliphatic heterocycles. The summed E-state index contributed by atoms with van der Waals surface area (Å²) >= 11 is 0. The van der Waals surface area contributed by atoms with Crippen LogP contribution >= 0.6 is 0 Å². The maximum atomic E-state index is 13.2. The number of Topliss-reactive ketones (excluding diaryl/α,β-unsaturated/α-hetero) is 1. The van der Waals surface area contributed by atoms with E-state index in [2.05, 4.69) is 0 Å². The van der Waals surface area contributed by atoms with Gasteiger partial charge in [0, 0.05) is 23.4 Å². The van der Waals surface area contributed by atoms with E-state index < -0.39 is 22.7 Å². The summed E-state index contributed by atoms with van der Waals surface area (Å²) in [5.74, 6) is -1.93. The predicted molar refractivity (Wildman–Crippen MR) is 120 cm³/mol. The molecule has 0 aromatic heterocycles. The maximum absolute atomic E-state index is 13.2. The van der Waals surface area contributed by atoms with Crippen LogP contribution in [0.2, 0.25) is 0 Å². The zero-order valence-corrected chi connectivity index (χ0v) is 17.5. The number of ketones is 1. The fourth-order valence-corrected chi connectivity index (χ4v) is 4.00. The third-order valence-electron chi connectivity index (χ3n) is 5.52. The first-order chi connectivity index (χ1) is 15.3. The molecule has 1 unspecified atom stereocenters. The van der Waals surface area contributed by atoms with Crippen molar-refractivity contribution < 1.29 is 19.6 Å². The standard InChI is InChI=1S/C25H20N2O5/c1-15-8-13-20(16(2)14-15)26-22(17-6-4-3-5-7-17)21(24(29)25(26)30)23(28)18-9-11-19(12-10-18)27(31)32/h3-14,22,28H,1-2H3/b23-21+. The second-order valence-corrected chi connectivity index (χ2v) is 7.67. The lowest BCUT2D eigenvalue weighted by molar-refractivity contribution is -0.384. The van der Waals surface area contributed by atoms with E-state index in [1.807, 2.05) is 32.0 Å². The number of nitrogens with zero attached hydrogens (tertiary/aromatic N) is 2. The van der Waals surface area contributed by atoms with Gasteiger partial charge in [0.25, 0.3) is 17.4 Å². The Kier molecular flexibility index (Phi) is 5.32. The molecule has 0 spiro atoms. The molecule has 3 aromatic rings. The summed E-state index contributed by atoms with van der Waals surface area (Å²) in [4.78, 5) is 38.1. The number of rotatable bonds is 4. The Hall–Kier alpha value is -4.26. The Morgan fingerprint density at radius 1 is 0.969 bits per heavy atom. The number of carbonyl (C=O) groups is 2. The van der Waals surface area contributed by atoms with Crippen LogP contribution in [0.5, 0.6) is 0 Å². The van der Waals surface area contributed by atoms with Crippen molar-refractivity contribution in [2.45, 2.75) is 19.9 Å². The summed E-state index contributed by atoms with van der Waals surface area (Å²) in [6.45, 7) is 3.80. The van der Waals surface area contributed by atoms with Crippen LogP contribution in [-0.4, -0.2) is 21.7 Å². The fourth-order valence-electron chi connectivity index (χ4n) is 4.00. The average Bonchev–Trinajstić information content (AvgIpc) is 3.04. The van der Waals surface area contributed by atoms with Crippen LogP contribution < -0.4 is 4.90 Å². The molecule has 0 radical (unpaired) electrons. The minimum atomic E-state index is -0.840. The van der Waals surface area contributed by atoms with Crippen molar-refractivity contribution in [3.63, 3.8) is 0 Å². The summed E-state index contributed by atoms with van der Waals surface area (Å²) in [7, 11) is 0. The molecule has 160 valence electrons. The number of amides is 1. The van der Waals surface area contributed by atoms with Crippen molar-refractivity contribution >= 4 is 28.8 Å². The van der Waals surface area contributed by atoms with Crippen molar-refractivity contribution in [1.29, 1.82) is 0 Å². The highest BCUT2D eigenvalue weighted by Gasteiger charge is 2.47. The van der Waals surface area contributed by atoms with Gasteiger partial charge < -0.3 is 5.11 Å². The van der Waals surface area contributed by atoms with Gasteiger partial charge >= 0.3 is 0 Å².